The summed E-state index contributed by atoms with van der Waals surface area (Å²) >= 11 is 0. The van der Waals surface area contributed by atoms with Gasteiger partial charge in [-0.2, -0.15) is 0 Å². The van der Waals surface area contributed by atoms with Crippen LogP contribution >= 0.6 is 0 Å². The summed E-state index contributed by atoms with van der Waals surface area (Å²) in [5.41, 5.74) is 1.16. The van der Waals surface area contributed by atoms with Crippen molar-refractivity contribution in [3.05, 3.63) is 59.2 Å². The second-order valence-electron chi connectivity index (χ2n) is 5.66. The molecule has 0 spiro atoms. The molecule has 27 heavy (non-hydrogen) atoms. The maximum Gasteiger partial charge on any atom is 0.325 e. The number of carbonyl (C=O) groups excluding carboxylic acids is 4. The number of benzene rings is 1. The van der Waals surface area contributed by atoms with Crippen LogP contribution in [-0.4, -0.2) is 51.1 Å². The predicted octanol–water partition coefficient (Wildman–Crippen LogP) is 0.702. The molecule has 1 aliphatic carbocycles. The molecule has 0 atom stereocenters. The van der Waals surface area contributed by atoms with E-state index < -0.39 is 23.8 Å². The van der Waals surface area contributed by atoms with E-state index in [4.69, 9.17) is 0 Å². The summed E-state index contributed by atoms with van der Waals surface area (Å²) in [5, 5.41) is 4.88. The van der Waals surface area contributed by atoms with Gasteiger partial charge in [0, 0.05) is 17.0 Å². The van der Waals surface area contributed by atoms with E-state index in [1.807, 2.05) is 24.3 Å². The normalized spacial score (nSPS) is 12.5. The Morgan fingerprint density at radius 3 is 1.67 bits per heavy atom. The number of carbonyl (C=O) groups is 4. The van der Waals surface area contributed by atoms with Crippen molar-refractivity contribution in [3.8, 4) is 0 Å². The number of ether oxygens (including phenoxy) is 2. The molecule has 1 aromatic carbocycles. The van der Waals surface area contributed by atoms with Crippen LogP contribution in [0.25, 0.3) is 0 Å². The Kier molecular flexibility index (Phi) is 6.87. The van der Waals surface area contributed by atoms with Gasteiger partial charge in [-0.25, -0.2) is 0 Å². The zero-order chi connectivity index (χ0) is 19.8. The van der Waals surface area contributed by atoms with Gasteiger partial charge in [0.1, 0.15) is 13.1 Å². The molecule has 1 aliphatic rings. The molecule has 0 saturated carbocycles. The molecular formula is C19H20N2O6. The lowest BCUT2D eigenvalue weighted by Crippen LogP contribution is -2.32. The Morgan fingerprint density at radius 1 is 0.815 bits per heavy atom. The van der Waals surface area contributed by atoms with Crippen molar-refractivity contribution in [2.45, 2.75) is 5.92 Å². The van der Waals surface area contributed by atoms with Gasteiger partial charge in [-0.15, -0.1) is 0 Å². The quantitative estimate of drug-likeness (QED) is 0.682. The van der Waals surface area contributed by atoms with Crippen molar-refractivity contribution in [1.29, 1.82) is 0 Å². The Bertz CT molecular complexity index is 750. The van der Waals surface area contributed by atoms with E-state index in [9.17, 15) is 19.2 Å². The fraction of sp³-hybridized carbons (Fsp3) is 0.263. The number of allylic oxidation sites excluding steroid dienone is 4. The Labute approximate surface area is 156 Å². The number of amides is 2. The Balaban J connectivity index is 2.25. The zero-order valence-electron chi connectivity index (χ0n) is 15.0. The minimum absolute atomic E-state index is 0.0782. The number of methoxy groups -OCH3 is 2. The van der Waals surface area contributed by atoms with Crippen LogP contribution in [0.15, 0.2) is 42.5 Å². The molecule has 0 unspecified atom stereocenters. The van der Waals surface area contributed by atoms with E-state index in [2.05, 4.69) is 20.1 Å². The first-order valence-electron chi connectivity index (χ1n) is 8.14. The van der Waals surface area contributed by atoms with Gasteiger partial charge in [0.15, 0.2) is 0 Å². The van der Waals surface area contributed by atoms with Gasteiger partial charge in [0.25, 0.3) is 11.8 Å². The topological polar surface area (TPSA) is 111 Å². The third kappa shape index (κ3) is 5.53. The van der Waals surface area contributed by atoms with Crippen molar-refractivity contribution in [2.24, 2.45) is 0 Å². The van der Waals surface area contributed by atoms with E-state index in [0.717, 1.165) is 5.56 Å². The van der Waals surface area contributed by atoms with Crippen molar-refractivity contribution in [1.82, 2.24) is 10.6 Å². The van der Waals surface area contributed by atoms with E-state index in [1.165, 1.54) is 20.3 Å². The van der Waals surface area contributed by atoms with Gasteiger partial charge in [-0.3, -0.25) is 19.2 Å². The van der Waals surface area contributed by atoms with Crippen molar-refractivity contribution in [2.75, 3.05) is 27.3 Å². The molecule has 2 amide bonds. The highest BCUT2D eigenvalue weighted by Crippen LogP contribution is 2.25. The minimum atomic E-state index is -0.586. The summed E-state index contributed by atoms with van der Waals surface area (Å²) in [6.45, 7) is -0.570. The molecule has 2 N–H and O–H groups in total. The fourth-order valence-electron chi connectivity index (χ4n) is 2.41. The molecule has 0 bridgehead atoms. The second-order valence-corrected chi connectivity index (χ2v) is 5.66. The lowest BCUT2D eigenvalue weighted by molar-refractivity contribution is -0.140. The molecule has 8 heteroatoms. The Hall–Kier alpha value is -3.42. The van der Waals surface area contributed by atoms with Crippen molar-refractivity contribution >= 4 is 23.8 Å². The number of esters is 2. The lowest BCUT2D eigenvalue weighted by Gasteiger charge is -2.13. The predicted molar refractivity (Wildman–Crippen MR) is 96.2 cm³/mol. The fourth-order valence-corrected chi connectivity index (χ4v) is 2.41. The number of nitrogens with one attached hydrogen (secondary N) is 2. The first-order chi connectivity index (χ1) is 12.9. The minimum Gasteiger partial charge on any atom is -0.468 e. The second kappa shape index (κ2) is 9.33. The van der Waals surface area contributed by atoms with Crippen LogP contribution in [0.2, 0.25) is 0 Å². The first kappa shape index (κ1) is 19.9. The van der Waals surface area contributed by atoms with Gasteiger partial charge in [-0.05, 0) is 23.8 Å². The summed E-state index contributed by atoms with van der Waals surface area (Å²) < 4.78 is 8.98. The van der Waals surface area contributed by atoms with E-state index in [1.54, 1.807) is 12.1 Å². The molecule has 0 aromatic heterocycles. The highest BCUT2D eigenvalue weighted by Gasteiger charge is 2.17. The summed E-state index contributed by atoms with van der Waals surface area (Å²) in [4.78, 5) is 47.1. The van der Waals surface area contributed by atoms with Crippen LogP contribution in [0, 0.1) is 0 Å². The van der Waals surface area contributed by atoms with Crippen LogP contribution in [0.4, 0.5) is 0 Å². The summed E-state index contributed by atoms with van der Waals surface area (Å²) in [7, 11) is 2.44. The van der Waals surface area contributed by atoms with Crippen LogP contribution in [0.5, 0.6) is 0 Å². The summed E-state index contributed by atoms with van der Waals surface area (Å²) in [6, 6.07) is 4.69. The molecule has 142 valence electrons. The van der Waals surface area contributed by atoms with Gasteiger partial charge in [0.2, 0.25) is 0 Å². The van der Waals surface area contributed by atoms with Gasteiger partial charge in [0.05, 0.1) is 14.2 Å². The monoisotopic (exact) mass is 372 g/mol. The lowest BCUT2D eigenvalue weighted by atomic mass is 9.95. The molecular weight excluding hydrogens is 352 g/mol. The summed E-state index contributed by atoms with van der Waals surface area (Å²) in [5.74, 6) is -2.29. The number of rotatable bonds is 7. The molecule has 0 radical (unpaired) electrons. The third-order valence-corrected chi connectivity index (χ3v) is 3.85. The highest BCUT2D eigenvalue weighted by molar-refractivity contribution is 6.01. The molecule has 0 fully saturated rings. The smallest absolute Gasteiger partial charge is 0.325 e. The Morgan fingerprint density at radius 2 is 1.26 bits per heavy atom. The maximum absolute atomic E-state index is 12.4. The van der Waals surface area contributed by atoms with Crippen molar-refractivity contribution in [3.63, 3.8) is 0 Å². The largest absolute Gasteiger partial charge is 0.468 e. The molecule has 0 heterocycles. The molecule has 0 saturated heterocycles. The number of hydrogen-bond acceptors (Lipinski definition) is 6. The molecule has 0 aliphatic heterocycles. The molecule has 2 rings (SSSR count). The average Bonchev–Trinajstić information content (AvgIpc) is 3.24. The van der Waals surface area contributed by atoms with Crippen LogP contribution in [0.3, 0.4) is 0 Å². The van der Waals surface area contributed by atoms with Gasteiger partial charge < -0.3 is 20.1 Å². The number of hydrogen-bond donors (Lipinski definition) is 2. The van der Waals surface area contributed by atoms with Crippen LogP contribution < -0.4 is 10.6 Å². The first-order valence-corrected chi connectivity index (χ1v) is 8.14. The standard InChI is InChI=1S/C19H20N2O6/c1-26-16(22)10-20-18(24)14-7-13(12-5-3-4-6-12)8-15(9-14)19(25)21-11-17(23)27-2/h3-9,12H,10-11H2,1-2H3,(H,20,24)(H,21,25). The summed E-state index contributed by atoms with van der Waals surface area (Å²) in [6.07, 6.45) is 7.57. The zero-order valence-corrected chi connectivity index (χ0v) is 15.0. The average molecular weight is 372 g/mol. The van der Waals surface area contributed by atoms with E-state index in [-0.39, 0.29) is 30.1 Å². The van der Waals surface area contributed by atoms with Crippen molar-refractivity contribution < 1.29 is 28.7 Å². The highest BCUT2D eigenvalue weighted by atomic mass is 16.5. The maximum atomic E-state index is 12.4. The SMILES string of the molecule is COC(=O)CNC(=O)c1cc(C(=O)NCC(=O)OC)cc(C2C=CC=C2)c1. The van der Waals surface area contributed by atoms with Crippen LogP contribution in [-0.2, 0) is 19.1 Å². The van der Waals surface area contributed by atoms with Crippen LogP contribution in [0.1, 0.15) is 32.2 Å². The van der Waals surface area contributed by atoms with Gasteiger partial charge >= 0.3 is 11.9 Å². The third-order valence-electron chi connectivity index (χ3n) is 3.85. The molecule has 8 nitrogen and oxygen atoms in total. The van der Waals surface area contributed by atoms with E-state index >= 15 is 0 Å². The van der Waals surface area contributed by atoms with Gasteiger partial charge in [-0.1, -0.05) is 24.3 Å². The molecule has 1 aromatic rings. The van der Waals surface area contributed by atoms with E-state index in [0.29, 0.717) is 0 Å².